The van der Waals surface area contributed by atoms with Crippen molar-refractivity contribution in [3.8, 4) is 0 Å². The van der Waals surface area contributed by atoms with E-state index in [0.29, 0.717) is 24.8 Å². The molecule has 1 saturated carbocycles. The van der Waals surface area contributed by atoms with Crippen LogP contribution in [0.3, 0.4) is 0 Å². The zero-order valence-corrected chi connectivity index (χ0v) is 12.7. The first kappa shape index (κ1) is 14.8. The molecule has 0 aromatic rings. The van der Waals surface area contributed by atoms with Crippen LogP contribution in [0.25, 0.3) is 0 Å². The van der Waals surface area contributed by atoms with Gasteiger partial charge in [0.25, 0.3) is 0 Å². The molecule has 3 heterocycles. The number of hydrogen-bond donors (Lipinski definition) is 1. The average Bonchev–Trinajstić information content (AvgIpc) is 3.25. The Morgan fingerprint density at radius 2 is 1.81 bits per heavy atom. The molecule has 21 heavy (non-hydrogen) atoms. The van der Waals surface area contributed by atoms with E-state index in [1.807, 2.05) is 4.90 Å². The zero-order valence-electron chi connectivity index (χ0n) is 12.7. The van der Waals surface area contributed by atoms with E-state index in [0.717, 1.165) is 25.6 Å². The molecule has 4 rings (SSSR count). The standard InChI is InChI=1S/C16H26N2O3/c19-15(2-1-3-16(20)21)18-10-13-6-7-14(11-18)17(9-13)8-12-4-5-12/h12-14H,1-11H2,(H,20,21)/t13-,14-/m1/s1. The minimum Gasteiger partial charge on any atom is -0.481 e. The summed E-state index contributed by atoms with van der Waals surface area (Å²) < 4.78 is 0. The number of carboxylic acid groups (broad SMARTS) is 1. The first-order valence-corrected chi connectivity index (χ1v) is 8.35. The Morgan fingerprint density at radius 3 is 2.52 bits per heavy atom. The maximum absolute atomic E-state index is 12.3. The van der Waals surface area contributed by atoms with Gasteiger partial charge in [-0.2, -0.15) is 0 Å². The molecule has 0 spiro atoms. The second-order valence-corrected chi connectivity index (χ2v) is 7.04. The molecule has 2 atom stereocenters. The zero-order chi connectivity index (χ0) is 14.8. The predicted octanol–water partition coefficient (Wildman–Crippen LogP) is 1.57. The summed E-state index contributed by atoms with van der Waals surface area (Å²) in [5, 5.41) is 8.67. The lowest BCUT2D eigenvalue weighted by atomic mass is 9.95. The lowest BCUT2D eigenvalue weighted by Crippen LogP contribution is -2.45. The van der Waals surface area contributed by atoms with Crippen molar-refractivity contribution in [2.45, 2.75) is 51.0 Å². The highest BCUT2D eigenvalue weighted by atomic mass is 16.4. The van der Waals surface area contributed by atoms with E-state index in [2.05, 4.69) is 4.90 Å². The van der Waals surface area contributed by atoms with Gasteiger partial charge in [-0.1, -0.05) is 0 Å². The molecule has 1 amide bonds. The summed E-state index contributed by atoms with van der Waals surface area (Å²) in [6, 6.07) is 0.535. The maximum Gasteiger partial charge on any atom is 0.303 e. The fraction of sp³-hybridized carbons (Fsp3) is 0.875. The van der Waals surface area contributed by atoms with E-state index in [-0.39, 0.29) is 12.3 Å². The molecule has 1 N–H and O–H groups in total. The van der Waals surface area contributed by atoms with E-state index in [1.54, 1.807) is 0 Å². The second kappa shape index (κ2) is 6.34. The molecule has 0 unspecified atom stereocenters. The fourth-order valence-corrected chi connectivity index (χ4v) is 3.79. The number of carboxylic acids is 1. The lowest BCUT2D eigenvalue weighted by Gasteiger charge is -2.36. The minimum absolute atomic E-state index is 0.0975. The van der Waals surface area contributed by atoms with Crippen molar-refractivity contribution >= 4 is 11.9 Å². The van der Waals surface area contributed by atoms with Gasteiger partial charge in [0.05, 0.1) is 0 Å². The van der Waals surface area contributed by atoms with Gasteiger partial charge in [0.15, 0.2) is 0 Å². The summed E-state index contributed by atoms with van der Waals surface area (Å²) in [7, 11) is 0. The Labute approximate surface area is 126 Å². The normalized spacial score (nSPS) is 29.4. The second-order valence-electron chi connectivity index (χ2n) is 7.04. The van der Waals surface area contributed by atoms with Gasteiger partial charge in [-0.3, -0.25) is 14.5 Å². The van der Waals surface area contributed by atoms with Crippen molar-refractivity contribution in [1.29, 1.82) is 0 Å². The van der Waals surface area contributed by atoms with Crippen LogP contribution in [-0.2, 0) is 9.59 Å². The molecule has 0 radical (unpaired) electrons. The molecule has 0 aromatic heterocycles. The largest absolute Gasteiger partial charge is 0.481 e. The summed E-state index contributed by atoms with van der Waals surface area (Å²) in [6.07, 6.45) is 6.17. The highest BCUT2D eigenvalue weighted by Gasteiger charge is 2.38. The van der Waals surface area contributed by atoms with Crippen LogP contribution in [0.1, 0.15) is 44.9 Å². The number of amides is 1. The molecule has 3 saturated heterocycles. The topological polar surface area (TPSA) is 60.9 Å². The lowest BCUT2D eigenvalue weighted by molar-refractivity contribution is -0.137. The molecular weight excluding hydrogens is 268 g/mol. The molecule has 118 valence electrons. The third-order valence-corrected chi connectivity index (χ3v) is 5.15. The fourth-order valence-electron chi connectivity index (χ4n) is 3.79. The average molecular weight is 294 g/mol. The summed E-state index contributed by atoms with van der Waals surface area (Å²) in [6.45, 7) is 4.11. The number of carbonyl (C=O) groups is 2. The third-order valence-electron chi connectivity index (χ3n) is 5.15. The van der Waals surface area contributed by atoms with Crippen LogP contribution < -0.4 is 0 Å². The number of nitrogens with zero attached hydrogens (tertiary/aromatic N) is 2. The van der Waals surface area contributed by atoms with Crippen LogP contribution in [0.2, 0.25) is 0 Å². The van der Waals surface area contributed by atoms with Gasteiger partial charge in [-0.25, -0.2) is 0 Å². The van der Waals surface area contributed by atoms with Crippen LogP contribution >= 0.6 is 0 Å². The molecule has 4 fully saturated rings. The molecular formula is C16H26N2O3. The Bertz CT molecular complexity index is 408. The van der Waals surface area contributed by atoms with Gasteiger partial charge in [-0.15, -0.1) is 0 Å². The molecule has 5 heteroatoms. The van der Waals surface area contributed by atoms with E-state index < -0.39 is 5.97 Å². The Balaban J connectivity index is 1.53. The van der Waals surface area contributed by atoms with Gasteiger partial charge in [0.1, 0.15) is 0 Å². The predicted molar refractivity (Wildman–Crippen MR) is 78.9 cm³/mol. The SMILES string of the molecule is O=C(O)CCCC(=O)N1C[C@@H]2CC[C@H](C1)N(CC1CC1)C2. The quantitative estimate of drug-likeness (QED) is 0.808. The number of carbonyl (C=O) groups excluding carboxylic acids is 1. The van der Waals surface area contributed by atoms with Gasteiger partial charge >= 0.3 is 5.97 Å². The van der Waals surface area contributed by atoms with Crippen LogP contribution in [0.15, 0.2) is 0 Å². The first-order valence-electron chi connectivity index (χ1n) is 8.35. The van der Waals surface area contributed by atoms with Gasteiger partial charge in [0.2, 0.25) is 5.91 Å². The number of hydrogen-bond acceptors (Lipinski definition) is 3. The summed E-state index contributed by atoms with van der Waals surface area (Å²) in [5.74, 6) is 0.866. The smallest absolute Gasteiger partial charge is 0.303 e. The van der Waals surface area contributed by atoms with Crippen molar-refractivity contribution in [3.05, 3.63) is 0 Å². The summed E-state index contributed by atoms with van der Waals surface area (Å²) in [5.41, 5.74) is 0. The number of fused-ring (bicyclic) bond motifs is 4. The Kier molecular flexibility index (Phi) is 4.48. The van der Waals surface area contributed by atoms with E-state index in [1.165, 1.54) is 32.2 Å². The minimum atomic E-state index is -0.811. The monoisotopic (exact) mass is 294 g/mol. The highest BCUT2D eigenvalue weighted by Crippen LogP contribution is 2.34. The van der Waals surface area contributed by atoms with Crippen molar-refractivity contribution in [2.24, 2.45) is 11.8 Å². The number of piperidine rings is 1. The molecule has 4 aliphatic rings. The first-order chi connectivity index (χ1) is 10.1. The molecule has 5 nitrogen and oxygen atoms in total. The number of rotatable bonds is 6. The van der Waals surface area contributed by atoms with Crippen LogP contribution in [-0.4, -0.2) is 59.0 Å². The Morgan fingerprint density at radius 1 is 1.00 bits per heavy atom. The van der Waals surface area contributed by atoms with Gasteiger partial charge in [-0.05, 0) is 43.9 Å². The highest BCUT2D eigenvalue weighted by molar-refractivity contribution is 5.77. The molecule has 2 bridgehead atoms. The van der Waals surface area contributed by atoms with E-state index in [9.17, 15) is 9.59 Å². The number of aliphatic carboxylic acids is 1. The van der Waals surface area contributed by atoms with Crippen molar-refractivity contribution in [1.82, 2.24) is 9.80 Å². The van der Waals surface area contributed by atoms with Gasteiger partial charge in [0, 0.05) is 45.1 Å². The van der Waals surface area contributed by atoms with Crippen molar-refractivity contribution in [2.75, 3.05) is 26.2 Å². The Hall–Kier alpha value is -1.10. The van der Waals surface area contributed by atoms with Crippen LogP contribution in [0, 0.1) is 11.8 Å². The summed E-state index contributed by atoms with van der Waals surface area (Å²) >= 11 is 0. The van der Waals surface area contributed by atoms with Gasteiger partial charge < -0.3 is 10.0 Å². The molecule has 1 aliphatic carbocycles. The molecule has 3 aliphatic heterocycles. The van der Waals surface area contributed by atoms with Crippen LogP contribution in [0.4, 0.5) is 0 Å². The van der Waals surface area contributed by atoms with Crippen LogP contribution in [0.5, 0.6) is 0 Å². The van der Waals surface area contributed by atoms with Crippen molar-refractivity contribution in [3.63, 3.8) is 0 Å². The third kappa shape index (κ3) is 3.96. The van der Waals surface area contributed by atoms with E-state index >= 15 is 0 Å². The summed E-state index contributed by atoms with van der Waals surface area (Å²) in [4.78, 5) is 27.5. The maximum atomic E-state index is 12.3. The van der Waals surface area contributed by atoms with E-state index in [4.69, 9.17) is 5.11 Å². The van der Waals surface area contributed by atoms with Crippen molar-refractivity contribution < 1.29 is 14.7 Å². The molecule has 0 aromatic carbocycles.